The molecule has 1 atom stereocenters. The Morgan fingerprint density at radius 2 is 1.67 bits per heavy atom. The van der Waals surface area contributed by atoms with Crippen LogP contribution in [0.4, 0.5) is 0 Å². The Morgan fingerprint density at radius 3 is 2.19 bits per heavy atom. The van der Waals surface area contributed by atoms with Crippen LogP contribution in [0.5, 0.6) is 0 Å². The molecule has 21 heavy (non-hydrogen) atoms. The highest BCUT2D eigenvalue weighted by molar-refractivity contribution is 5.76. The van der Waals surface area contributed by atoms with Crippen LogP contribution in [-0.4, -0.2) is 18.5 Å². The third-order valence-corrected chi connectivity index (χ3v) is 3.38. The van der Waals surface area contributed by atoms with Crippen LogP contribution in [0.25, 0.3) is 0 Å². The first-order valence-corrected chi connectivity index (χ1v) is 8.00. The third-order valence-electron chi connectivity index (χ3n) is 3.38. The maximum Gasteiger partial charge on any atom is 0.221 e. The highest BCUT2D eigenvalue weighted by Crippen LogP contribution is 2.15. The summed E-state index contributed by atoms with van der Waals surface area (Å²) in [6.07, 6.45) is 1.64. The van der Waals surface area contributed by atoms with Crippen molar-refractivity contribution in [3.05, 3.63) is 35.4 Å². The molecular formula is C18H30N2O. The van der Waals surface area contributed by atoms with Crippen LogP contribution >= 0.6 is 0 Å². The van der Waals surface area contributed by atoms with E-state index in [9.17, 15) is 4.79 Å². The summed E-state index contributed by atoms with van der Waals surface area (Å²) >= 11 is 0. The second-order valence-corrected chi connectivity index (χ2v) is 6.49. The molecule has 0 fully saturated rings. The Balaban J connectivity index is 2.38. The van der Waals surface area contributed by atoms with Gasteiger partial charge in [0.2, 0.25) is 5.91 Å². The van der Waals surface area contributed by atoms with Gasteiger partial charge in [0.05, 0.1) is 0 Å². The summed E-state index contributed by atoms with van der Waals surface area (Å²) in [6.45, 7) is 11.3. The Bertz CT molecular complexity index is 423. The fraction of sp³-hybridized carbons (Fsp3) is 0.611. The Labute approximate surface area is 129 Å². The topological polar surface area (TPSA) is 41.1 Å². The molecule has 0 heterocycles. The minimum atomic E-state index is 0.108. The third kappa shape index (κ3) is 7.28. The first kappa shape index (κ1) is 17.7. The normalized spacial score (nSPS) is 12.7. The summed E-state index contributed by atoms with van der Waals surface area (Å²) in [5, 5.41) is 6.31. The van der Waals surface area contributed by atoms with Crippen molar-refractivity contribution in [3.8, 4) is 0 Å². The Kier molecular flexibility index (Phi) is 7.44. The quantitative estimate of drug-likeness (QED) is 0.770. The number of amides is 1. The molecule has 0 bridgehead atoms. The number of carbonyl (C=O) groups excluding carboxylic acids is 1. The van der Waals surface area contributed by atoms with E-state index in [-0.39, 0.29) is 18.0 Å². The lowest BCUT2D eigenvalue weighted by atomic mass is 10.00. The first-order valence-electron chi connectivity index (χ1n) is 8.00. The molecule has 0 radical (unpaired) electrons. The molecule has 2 N–H and O–H groups in total. The Morgan fingerprint density at radius 1 is 1.05 bits per heavy atom. The van der Waals surface area contributed by atoms with Gasteiger partial charge >= 0.3 is 0 Å². The van der Waals surface area contributed by atoms with Crippen molar-refractivity contribution >= 4 is 5.91 Å². The molecule has 0 aliphatic rings. The maximum atomic E-state index is 11.6. The molecule has 3 nitrogen and oxygen atoms in total. The molecule has 0 aliphatic heterocycles. The van der Waals surface area contributed by atoms with Crippen molar-refractivity contribution in [1.82, 2.24) is 10.6 Å². The minimum Gasteiger partial charge on any atom is -0.354 e. The average molecular weight is 290 g/mol. The second kappa shape index (κ2) is 8.83. The van der Waals surface area contributed by atoms with Crippen LogP contribution in [0.1, 0.15) is 58.2 Å². The van der Waals surface area contributed by atoms with Gasteiger partial charge in [-0.2, -0.15) is 0 Å². The fourth-order valence-corrected chi connectivity index (χ4v) is 2.33. The summed E-state index contributed by atoms with van der Waals surface area (Å²) < 4.78 is 0. The summed E-state index contributed by atoms with van der Waals surface area (Å²) in [5.41, 5.74) is 2.66. The standard InChI is InChI=1S/C18H30N2O/c1-13(2)12-16-6-8-17(9-7-16)15(5)19-11-10-18(21)20-14(3)4/h6-9,13-15,19H,10-12H2,1-5H3,(H,20,21). The van der Waals surface area contributed by atoms with Crippen molar-refractivity contribution in [1.29, 1.82) is 0 Å². The van der Waals surface area contributed by atoms with E-state index >= 15 is 0 Å². The summed E-state index contributed by atoms with van der Waals surface area (Å²) in [6, 6.07) is 9.26. The molecule has 118 valence electrons. The molecule has 0 saturated carbocycles. The van der Waals surface area contributed by atoms with Gasteiger partial charge in [0, 0.05) is 25.0 Å². The van der Waals surface area contributed by atoms with E-state index in [1.807, 2.05) is 13.8 Å². The second-order valence-electron chi connectivity index (χ2n) is 6.49. The van der Waals surface area contributed by atoms with Gasteiger partial charge < -0.3 is 10.6 Å². The molecular weight excluding hydrogens is 260 g/mol. The van der Waals surface area contributed by atoms with Crippen molar-refractivity contribution in [2.24, 2.45) is 5.92 Å². The van der Waals surface area contributed by atoms with Crippen LogP contribution in [0.2, 0.25) is 0 Å². The maximum absolute atomic E-state index is 11.6. The van der Waals surface area contributed by atoms with E-state index in [0.29, 0.717) is 18.9 Å². The molecule has 0 aliphatic carbocycles. The number of carbonyl (C=O) groups is 1. The number of rotatable bonds is 8. The predicted molar refractivity (Wildman–Crippen MR) is 89.3 cm³/mol. The summed E-state index contributed by atoms with van der Waals surface area (Å²) in [7, 11) is 0. The number of benzene rings is 1. The van der Waals surface area contributed by atoms with Gasteiger partial charge in [-0.1, -0.05) is 38.1 Å². The number of hydrogen-bond donors (Lipinski definition) is 2. The smallest absolute Gasteiger partial charge is 0.221 e. The van der Waals surface area contributed by atoms with E-state index in [4.69, 9.17) is 0 Å². The van der Waals surface area contributed by atoms with E-state index in [0.717, 1.165) is 6.42 Å². The molecule has 1 amide bonds. The Hall–Kier alpha value is -1.35. The van der Waals surface area contributed by atoms with Crippen molar-refractivity contribution in [2.75, 3.05) is 6.54 Å². The molecule has 3 heteroatoms. The minimum absolute atomic E-state index is 0.108. The monoisotopic (exact) mass is 290 g/mol. The molecule has 0 aromatic heterocycles. The van der Waals surface area contributed by atoms with Crippen LogP contribution in [-0.2, 0) is 11.2 Å². The highest BCUT2D eigenvalue weighted by atomic mass is 16.1. The van der Waals surface area contributed by atoms with Gasteiger partial charge in [0.1, 0.15) is 0 Å². The van der Waals surface area contributed by atoms with Crippen LogP contribution in [0, 0.1) is 5.92 Å². The lowest BCUT2D eigenvalue weighted by Gasteiger charge is -2.15. The zero-order valence-electron chi connectivity index (χ0n) is 14.1. The van der Waals surface area contributed by atoms with Gasteiger partial charge in [-0.25, -0.2) is 0 Å². The van der Waals surface area contributed by atoms with Gasteiger partial charge in [0.15, 0.2) is 0 Å². The van der Waals surface area contributed by atoms with Crippen LogP contribution in [0.3, 0.4) is 0 Å². The van der Waals surface area contributed by atoms with Gasteiger partial charge in [-0.3, -0.25) is 4.79 Å². The molecule has 1 unspecified atom stereocenters. The lowest BCUT2D eigenvalue weighted by molar-refractivity contribution is -0.121. The highest BCUT2D eigenvalue weighted by Gasteiger charge is 2.07. The van der Waals surface area contributed by atoms with Crippen molar-refractivity contribution in [3.63, 3.8) is 0 Å². The summed E-state index contributed by atoms with van der Waals surface area (Å²) in [5.74, 6) is 0.794. The van der Waals surface area contributed by atoms with E-state index in [1.54, 1.807) is 0 Å². The molecule has 1 aromatic carbocycles. The zero-order chi connectivity index (χ0) is 15.8. The van der Waals surface area contributed by atoms with Crippen LogP contribution in [0.15, 0.2) is 24.3 Å². The fourth-order valence-electron chi connectivity index (χ4n) is 2.33. The largest absolute Gasteiger partial charge is 0.354 e. The first-order chi connectivity index (χ1) is 9.88. The van der Waals surface area contributed by atoms with E-state index in [1.165, 1.54) is 11.1 Å². The average Bonchev–Trinajstić information content (AvgIpc) is 2.37. The zero-order valence-corrected chi connectivity index (χ0v) is 14.1. The predicted octanol–water partition coefficient (Wildman–Crippen LogP) is 3.45. The number of nitrogens with one attached hydrogen (secondary N) is 2. The SMILES string of the molecule is CC(C)Cc1ccc(C(C)NCCC(=O)NC(C)C)cc1. The molecule has 0 spiro atoms. The van der Waals surface area contributed by atoms with Gasteiger partial charge in [-0.15, -0.1) is 0 Å². The lowest BCUT2D eigenvalue weighted by Crippen LogP contribution is -2.33. The van der Waals surface area contributed by atoms with E-state index in [2.05, 4.69) is 55.7 Å². The molecule has 1 aromatic rings. The van der Waals surface area contributed by atoms with Crippen LogP contribution < -0.4 is 10.6 Å². The molecule has 1 rings (SSSR count). The van der Waals surface area contributed by atoms with Crippen molar-refractivity contribution < 1.29 is 4.79 Å². The van der Waals surface area contributed by atoms with Gasteiger partial charge in [-0.05, 0) is 44.2 Å². The summed E-state index contributed by atoms with van der Waals surface area (Å²) in [4.78, 5) is 11.6. The molecule has 0 saturated heterocycles. The number of hydrogen-bond acceptors (Lipinski definition) is 2. The van der Waals surface area contributed by atoms with E-state index < -0.39 is 0 Å². The van der Waals surface area contributed by atoms with Gasteiger partial charge in [0.25, 0.3) is 0 Å². The van der Waals surface area contributed by atoms with Crippen molar-refractivity contribution in [2.45, 2.75) is 59.5 Å².